The molecule has 5 heteroatoms. The summed E-state index contributed by atoms with van der Waals surface area (Å²) in [5, 5.41) is 8.47. The average Bonchev–Trinajstić information content (AvgIpc) is 2.88. The van der Waals surface area contributed by atoms with Crippen LogP contribution in [0.25, 0.3) is 0 Å². The van der Waals surface area contributed by atoms with Gasteiger partial charge in [-0.1, -0.05) is 30.3 Å². The molecule has 0 radical (unpaired) electrons. The highest BCUT2D eigenvalue weighted by Gasteiger charge is 2.18. The lowest BCUT2D eigenvalue weighted by Crippen LogP contribution is -2.16. The minimum absolute atomic E-state index is 0.325. The van der Waals surface area contributed by atoms with Gasteiger partial charge in [0, 0.05) is 23.9 Å². The van der Waals surface area contributed by atoms with Crippen molar-refractivity contribution in [1.82, 2.24) is 4.98 Å². The van der Waals surface area contributed by atoms with E-state index in [0.717, 1.165) is 11.3 Å². The van der Waals surface area contributed by atoms with Crippen LogP contribution in [0.5, 0.6) is 0 Å². The molecule has 1 heterocycles. The monoisotopic (exact) mass is 271 g/mol. The number of H-pyrrole nitrogens is 1. The van der Waals surface area contributed by atoms with E-state index in [0.29, 0.717) is 12.0 Å². The second-order valence-corrected chi connectivity index (χ2v) is 4.40. The molecule has 0 saturated heterocycles. The normalized spacial score (nSPS) is 10.2. The van der Waals surface area contributed by atoms with Crippen molar-refractivity contribution in [3.05, 3.63) is 59.4 Å². The Kier molecular flexibility index (Phi) is 4.10. The van der Waals surface area contributed by atoms with Crippen molar-refractivity contribution < 1.29 is 19.5 Å². The molecule has 0 spiro atoms. The zero-order chi connectivity index (χ0) is 14.5. The van der Waals surface area contributed by atoms with Gasteiger partial charge in [-0.15, -0.1) is 0 Å². The highest BCUT2D eigenvalue weighted by atomic mass is 16.4. The van der Waals surface area contributed by atoms with Gasteiger partial charge >= 0.3 is 5.97 Å². The van der Waals surface area contributed by atoms with Gasteiger partial charge in [-0.25, -0.2) is 4.79 Å². The topological polar surface area (TPSA) is 87.2 Å². The van der Waals surface area contributed by atoms with Gasteiger partial charge in [-0.3, -0.25) is 9.59 Å². The van der Waals surface area contributed by atoms with Crippen molar-refractivity contribution in [2.45, 2.75) is 12.8 Å². The van der Waals surface area contributed by atoms with Crippen molar-refractivity contribution in [3.63, 3.8) is 0 Å². The number of carbonyl (C=O) groups excluding carboxylic acids is 2. The number of carboxylic acids is 1. The van der Waals surface area contributed by atoms with Gasteiger partial charge in [-0.05, 0) is 11.6 Å². The Bertz CT molecular complexity index is 643. The number of rotatable bonds is 6. The number of carboxylic acid groups (broad SMARTS) is 1. The molecule has 2 rings (SSSR count). The number of aromatic nitrogens is 1. The third-order valence-corrected chi connectivity index (χ3v) is 2.86. The summed E-state index contributed by atoms with van der Waals surface area (Å²) in [4.78, 5) is 36.1. The van der Waals surface area contributed by atoms with Crippen molar-refractivity contribution in [2.75, 3.05) is 0 Å². The van der Waals surface area contributed by atoms with E-state index in [1.165, 1.54) is 6.20 Å². The summed E-state index contributed by atoms with van der Waals surface area (Å²) in [7, 11) is 0. The number of nitrogens with one attached hydrogen (secondary N) is 1. The highest BCUT2D eigenvalue weighted by molar-refractivity contribution is 6.37. The van der Waals surface area contributed by atoms with E-state index >= 15 is 0 Å². The molecule has 0 amide bonds. The Morgan fingerprint density at radius 2 is 1.80 bits per heavy atom. The van der Waals surface area contributed by atoms with E-state index in [1.807, 2.05) is 30.3 Å². The molecule has 5 nitrogen and oxygen atoms in total. The number of ketones is 2. The van der Waals surface area contributed by atoms with E-state index in [9.17, 15) is 14.4 Å². The first-order chi connectivity index (χ1) is 9.56. The highest BCUT2D eigenvalue weighted by Crippen LogP contribution is 2.11. The molecule has 2 aromatic rings. The maximum absolute atomic E-state index is 11.7. The summed E-state index contributed by atoms with van der Waals surface area (Å²) in [5.41, 5.74) is 2.25. The Balaban J connectivity index is 2.04. The fourth-order valence-electron chi connectivity index (χ4n) is 1.84. The largest absolute Gasteiger partial charge is 0.475 e. The zero-order valence-electron chi connectivity index (χ0n) is 10.6. The van der Waals surface area contributed by atoms with Crippen LogP contribution in [0.1, 0.15) is 28.0 Å². The van der Waals surface area contributed by atoms with Crippen molar-refractivity contribution in [1.29, 1.82) is 0 Å². The molecule has 0 bridgehead atoms. The number of Topliss-reactive ketones (excluding diaryl/α,β-unsaturated/α-hetero) is 2. The van der Waals surface area contributed by atoms with Crippen LogP contribution >= 0.6 is 0 Å². The Morgan fingerprint density at radius 1 is 1.10 bits per heavy atom. The minimum atomic E-state index is -1.58. The second kappa shape index (κ2) is 5.97. The zero-order valence-corrected chi connectivity index (χ0v) is 10.6. The summed E-state index contributed by atoms with van der Waals surface area (Å²) in [6.45, 7) is 0. The standard InChI is InChI=1S/C15H13NO4/c17-13(8-14(18)15(19)20)11-7-12(16-9-11)6-10-4-2-1-3-5-10/h1-5,7,9,16H,6,8H2,(H,19,20). The smallest absolute Gasteiger partial charge is 0.372 e. The Labute approximate surface area is 115 Å². The molecule has 0 aliphatic rings. The van der Waals surface area contributed by atoms with Crippen LogP contribution in [-0.2, 0) is 16.0 Å². The quantitative estimate of drug-likeness (QED) is 0.476. The van der Waals surface area contributed by atoms with Gasteiger partial charge in [0.15, 0.2) is 5.78 Å². The summed E-state index contributed by atoms with van der Waals surface area (Å²) in [5.74, 6) is -3.17. The predicted molar refractivity (Wildman–Crippen MR) is 71.6 cm³/mol. The lowest BCUT2D eigenvalue weighted by atomic mass is 10.1. The molecular weight excluding hydrogens is 258 g/mol. The average molecular weight is 271 g/mol. The molecule has 2 N–H and O–H groups in total. The molecule has 1 aromatic carbocycles. The van der Waals surface area contributed by atoms with Gasteiger partial charge < -0.3 is 10.1 Å². The number of benzene rings is 1. The van der Waals surface area contributed by atoms with Gasteiger partial charge in [0.25, 0.3) is 0 Å². The minimum Gasteiger partial charge on any atom is -0.475 e. The van der Waals surface area contributed by atoms with Crippen molar-refractivity contribution in [3.8, 4) is 0 Å². The SMILES string of the molecule is O=C(O)C(=O)CC(=O)c1c[nH]c(Cc2ccccc2)c1. The molecule has 0 aliphatic carbocycles. The first-order valence-corrected chi connectivity index (χ1v) is 6.07. The molecule has 102 valence electrons. The van der Waals surface area contributed by atoms with Crippen LogP contribution < -0.4 is 0 Å². The van der Waals surface area contributed by atoms with Crippen molar-refractivity contribution >= 4 is 17.5 Å². The second-order valence-electron chi connectivity index (χ2n) is 4.40. The van der Waals surface area contributed by atoms with Gasteiger partial charge in [0.05, 0.1) is 6.42 Å². The van der Waals surface area contributed by atoms with Crippen LogP contribution in [0, 0.1) is 0 Å². The van der Waals surface area contributed by atoms with Crippen LogP contribution in [0.3, 0.4) is 0 Å². The lowest BCUT2D eigenvalue weighted by Gasteiger charge is -1.97. The molecular formula is C15H13NO4. The number of hydrogen-bond acceptors (Lipinski definition) is 3. The van der Waals surface area contributed by atoms with E-state index < -0.39 is 24.0 Å². The Hall–Kier alpha value is -2.69. The summed E-state index contributed by atoms with van der Waals surface area (Å²) < 4.78 is 0. The van der Waals surface area contributed by atoms with Gasteiger partial charge in [-0.2, -0.15) is 0 Å². The van der Waals surface area contributed by atoms with Crippen LogP contribution in [0.4, 0.5) is 0 Å². The Morgan fingerprint density at radius 3 is 2.45 bits per heavy atom. The first kappa shape index (κ1) is 13.7. The number of aromatic amines is 1. The van der Waals surface area contributed by atoms with Crippen LogP contribution in [-0.4, -0.2) is 27.6 Å². The summed E-state index contributed by atoms with van der Waals surface area (Å²) in [6, 6.07) is 11.4. The molecule has 0 saturated carbocycles. The van der Waals surface area contributed by atoms with Gasteiger partial charge in [0.1, 0.15) is 0 Å². The summed E-state index contributed by atoms with van der Waals surface area (Å²) >= 11 is 0. The van der Waals surface area contributed by atoms with E-state index in [4.69, 9.17) is 5.11 Å². The summed E-state index contributed by atoms with van der Waals surface area (Å²) in [6.07, 6.45) is 1.52. The van der Waals surface area contributed by atoms with E-state index in [-0.39, 0.29) is 0 Å². The van der Waals surface area contributed by atoms with E-state index in [2.05, 4.69) is 4.98 Å². The molecule has 0 unspecified atom stereocenters. The number of hydrogen-bond donors (Lipinski definition) is 2. The van der Waals surface area contributed by atoms with Crippen LogP contribution in [0.15, 0.2) is 42.6 Å². The lowest BCUT2D eigenvalue weighted by molar-refractivity contribution is -0.148. The third-order valence-electron chi connectivity index (χ3n) is 2.86. The molecule has 0 atom stereocenters. The van der Waals surface area contributed by atoms with Crippen molar-refractivity contribution in [2.24, 2.45) is 0 Å². The number of carbonyl (C=O) groups is 3. The third kappa shape index (κ3) is 3.41. The first-order valence-electron chi connectivity index (χ1n) is 6.07. The molecule has 0 fully saturated rings. The number of aliphatic carboxylic acids is 1. The van der Waals surface area contributed by atoms with E-state index in [1.54, 1.807) is 6.07 Å². The van der Waals surface area contributed by atoms with Gasteiger partial charge in [0.2, 0.25) is 5.78 Å². The fraction of sp³-hybridized carbons (Fsp3) is 0.133. The van der Waals surface area contributed by atoms with Crippen LogP contribution in [0.2, 0.25) is 0 Å². The molecule has 1 aromatic heterocycles. The maximum atomic E-state index is 11.7. The molecule has 0 aliphatic heterocycles. The fourth-order valence-corrected chi connectivity index (χ4v) is 1.84. The molecule has 20 heavy (non-hydrogen) atoms. The maximum Gasteiger partial charge on any atom is 0.372 e. The predicted octanol–water partition coefficient (Wildman–Crippen LogP) is 1.83.